The number of hydrogen-bond donors (Lipinski definition) is 1. The van der Waals surface area contributed by atoms with Gasteiger partial charge in [-0.25, -0.2) is 18.5 Å². The van der Waals surface area contributed by atoms with E-state index in [1.807, 2.05) is 6.92 Å². The van der Waals surface area contributed by atoms with Gasteiger partial charge in [0.05, 0.1) is 5.69 Å². The molecular weight excluding hydrogens is 297 g/mol. The largest absolute Gasteiger partial charge is 0.436 e. The average Bonchev–Trinajstić information content (AvgIpc) is 2.67. The second kappa shape index (κ2) is 4.70. The fraction of sp³-hybridized carbons (Fsp3) is 0.400. The molecule has 20 heavy (non-hydrogen) atoms. The number of hydrogen-bond acceptors (Lipinski definition) is 4. The molecule has 0 fully saturated rings. The van der Waals surface area contributed by atoms with Crippen molar-refractivity contribution in [2.75, 3.05) is 0 Å². The highest BCUT2D eigenvalue weighted by Gasteiger charge is 2.41. The predicted octanol–water partition coefficient (Wildman–Crippen LogP) is 1.35. The summed E-state index contributed by atoms with van der Waals surface area (Å²) in [5.41, 5.74) is -1.32. The summed E-state index contributed by atoms with van der Waals surface area (Å²) in [6, 6.07) is 2.78. The first-order chi connectivity index (χ1) is 9.14. The molecule has 0 atom stereocenters. The first-order valence-electron chi connectivity index (χ1n) is 5.63. The maximum atomic E-state index is 12.8. The van der Waals surface area contributed by atoms with Gasteiger partial charge in [-0.05, 0) is 18.6 Å². The zero-order valence-corrected chi connectivity index (χ0v) is 11.2. The summed E-state index contributed by atoms with van der Waals surface area (Å²) in [5, 5.41) is 7.58. The molecule has 2 N–H and O–H groups in total. The van der Waals surface area contributed by atoms with E-state index < -0.39 is 26.9 Å². The molecule has 0 spiro atoms. The van der Waals surface area contributed by atoms with E-state index in [1.165, 1.54) is 12.1 Å². The Bertz CT molecular complexity index is 752. The molecule has 2 rings (SSSR count). The number of fused-ring (bicyclic) bond motifs is 1. The maximum Gasteiger partial charge on any atom is 0.436 e. The SMILES string of the molecule is CCCc1ccc2nc(C(F)(F)F)c(S(N)(=O)=O)n2n1. The molecule has 0 saturated carbocycles. The number of imidazole rings is 1. The molecule has 0 aromatic carbocycles. The van der Waals surface area contributed by atoms with E-state index in [0.717, 1.165) is 0 Å². The van der Waals surface area contributed by atoms with Crippen LogP contribution in [0.2, 0.25) is 0 Å². The van der Waals surface area contributed by atoms with E-state index in [1.54, 1.807) is 0 Å². The molecule has 0 aliphatic carbocycles. The maximum absolute atomic E-state index is 12.8. The molecule has 2 aromatic heterocycles. The fourth-order valence-electron chi connectivity index (χ4n) is 1.78. The van der Waals surface area contributed by atoms with Crippen molar-refractivity contribution in [3.8, 4) is 0 Å². The second-order valence-electron chi connectivity index (χ2n) is 4.15. The molecule has 6 nitrogen and oxygen atoms in total. The predicted molar refractivity (Wildman–Crippen MR) is 63.4 cm³/mol. The zero-order valence-electron chi connectivity index (χ0n) is 10.3. The van der Waals surface area contributed by atoms with Crippen LogP contribution in [0.4, 0.5) is 13.2 Å². The summed E-state index contributed by atoms with van der Waals surface area (Å²) in [6.07, 6.45) is -3.72. The van der Waals surface area contributed by atoms with Crippen molar-refractivity contribution in [2.24, 2.45) is 5.14 Å². The smallest absolute Gasteiger partial charge is 0.223 e. The summed E-state index contributed by atoms with van der Waals surface area (Å²) < 4.78 is 62.0. The molecule has 0 saturated heterocycles. The molecular formula is C10H11F3N4O2S. The Hall–Kier alpha value is -1.68. The van der Waals surface area contributed by atoms with Crippen molar-refractivity contribution in [3.05, 3.63) is 23.5 Å². The Kier molecular flexibility index (Phi) is 3.46. The Morgan fingerprint density at radius 3 is 2.50 bits per heavy atom. The lowest BCUT2D eigenvalue weighted by atomic mass is 10.2. The third kappa shape index (κ3) is 2.61. The van der Waals surface area contributed by atoms with Gasteiger partial charge < -0.3 is 0 Å². The molecule has 0 amide bonds. The summed E-state index contributed by atoms with van der Waals surface area (Å²) in [4.78, 5) is 3.27. The van der Waals surface area contributed by atoms with E-state index in [-0.39, 0.29) is 5.65 Å². The van der Waals surface area contributed by atoms with Gasteiger partial charge in [0, 0.05) is 0 Å². The van der Waals surface area contributed by atoms with Crippen LogP contribution in [0, 0.1) is 0 Å². The van der Waals surface area contributed by atoms with Crippen molar-refractivity contribution in [1.29, 1.82) is 0 Å². The minimum Gasteiger partial charge on any atom is -0.223 e. The molecule has 0 aliphatic heterocycles. The van der Waals surface area contributed by atoms with Gasteiger partial charge in [-0.1, -0.05) is 13.3 Å². The number of alkyl halides is 3. The molecule has 0 unspecified atom stereocenters. The van der Waals surface area contributed by atoms with Gasteiger partial charge in [0.15, 0.2) is 11.3 Å². The summed E-state index contributed by atoms with van der Waals surface area (Å²) >= 11 is 0. The Labute approximate surface area is 112 Å². The van der Waals surface area contributed by atoms with Gasteiger partial charge in [-0.3, -0.25) is 0 Å². The van der Waals surface area contributed by atoms with Crippen LogP contribution >= 0.6 is 0 Å². The van der Waals surface area contributed by atoms with E-state index in [4.69, 9.17) is 5.14 Å². The van der Waals surface area contributed by atoms with Crippen LogP contribution in [0.15, 0.2) is 17.2 Å². The first-order valence-corrected chi connectivity index (χ1v) is 7.18. The average molecular weight is 308 g/mol. The van der Waals surface area contributed by atoms with E-state index >= 15 is 0 Å². The topological polar surface area (TPSA) is 90.3 Å². The van der Waals surface area contributed by atoms with E-state index in [0.29, 0.717) is 23.1 Å². The van der Waals surface area contributed by atoms with E-state index in [9.17, 15) is 21.6 Å². The quantitative estimate of drug-likeness (QED) is 0.926. The third-order valence-electron chi connectivity index (χ3n) is 2.54. The second-order valence-corrected chi connectivity index (χ2v) is 5.63. The van der Waals surface area contributed by atoms with E-state index in [2.05, 4.69) is 10.1 Å². The lowest BCUT2D eigenvalue weighted by Crippen LogP contribution is -2.21. The number of aryl methyl sites for hydroxylation is 1. The molecule has 0 aliphatic rings. The standard InChI is InChI=1S/C10H11F3N4O2S/c1-2-3-6-4-5-7-15-8(10(11,12)13)9(17(7)16-6)20(14,18)19/h4-5H,2-3H2,1H3,(H2,14,18,19). The lowest BCUT2D eigenvalue weighted by Gasteiger charge is -2.05. The van der Waals surface area contributed by atoms with Gasteiger partial charge >= 0.3 is 6.18 Å². The highest BCUT2D eigenvalue weighted by atomic mass is 32.2. The third-order valence-corrected chi connectivity index (χ3v) is 3.44. The number of nitrogens with zero attached hydrogens (tertiary/aromatic N) is 3. The molecule has 10 heteroatoms. The van der Waals surface area contributed by atoms with Gasteiger partial charge in [0.25, 0.3) is 10.0 Å². The van der Waals surface area contributed by atoms with Crippen molar-refractivity contribution in [2.45, 2.75) is 31.0 Å². The number of aromatic nitrogens is 3. The van der Waals surface area contributed by atoms with Crippen molar-refractivity contribution in [3.63, 3.8) is 0 Å². The summed E-state index contributed by atoms with van der Waals surface area (Å²) in [6.45, 7) is 1.86. The van der Waals surface area contributed by atoms with Crippen molar-refractivity contribution < 1.29 is 21.6 Å². The number of sulfonamides is 1. The Morgan fingerprint density at radius 2 is 2.00 bits per heavy atom. The summed E-state index contributed by atoms with van der Waals surface area (Å²) in [5.74, 6) is 0. The van der Waals surface area contributed by atoms with Crippen LogP contribution in [-0.4, -0.2) is 23.0 Å². The van der Waals surface area contributed by atoms with Crippen molar-refractivity contribution in [1.82, 2.24) is 14.6 Å². The zero-order chi connectivity index (χ0) is 15.1. The molecule has 0 radical (unpaired) electrons. The van der Waals surface area contributed by atoms with Gasteiger partial charge in [-0.2, -0.15) is 22.8 Å². The van der Waals surface area contributed by atoms with Crippen LogP contribution < -0.4 is 5.14 Å². The first kappa shape index (κ1) is 14.7. The number of halogens is 3. The molecule has 2 heterocycles. The van der Waals surface area contributed by atoms with Gasteiger partial charge in [0.1, 0.15) is 0 Å². The van der Waals surface area contributed by atoms with Gasteiger partial charge in [0.2, 0.25) is 5.03 Å². The highest BCUT2D eigenvalue weighted by molar-refractivity contribution is 7.89. The Morgan fingerprint density at radius 1 is 1.35 bits per heavy atom. The molecule has 110 valence electrons. The molecule has 0 bridgehead atoms. The summed E-state index contributed by atoms with van der Waals surface area (Å²) in [7, 11) is -4.61. The minimum absolute atomic E-state index is 0.221. The fourth-order valence-corrected chi connectivity index (χ4v) is 2.59. The van der Waals surface area contributed by atoms with Crippen LogP contribution in [0.3, 0.4) is 0 Å². The number of rotatable bonds is 3. The molecule has 2 aromatic rings. The van der Waals surface area contributed by atoms with Crippen LogP contribution in [0.1, 0.15) is 24.7 Å². The highest BCUT2D eigenvalue weighted by Crippen LogP contribution is 2.33. The lowest BCUT2D eigenvalue weighted by molar-refractivity contribution is -0.143. The van der Waals surface area contributed by atoms with Crippen LogP contribution in [0.5, 0.6) is 0 Å². The van der Waals surface area contributed by atoms with Gasteiger partial charge in [-0.15, -0.1) is 0 Å². The monoisotopic (exact) mass is 308 g/mol. The van der Waals surface area contributed by atoms with Crippen LogP contribution in [-0.2, 0) is 22.6 Å². The minimum atomic E-state index is -4.93. The number of primary sulfonamides is 1. The Balaban J connectivity index is 2.83. The number of nitrogens with two attached hydrogens (primary N) is 1. The normalized spacial score (nSPS) is 13.1. The van der Waals surface area contributed by atoms with Crippen molar-refractivity contribution >= 4 is 15.7 Å². The van der Waals surface area contributed by atoms with Crippen LogP contribution in [0.25, 0.3) is 5.65 Å².